The molecule has 2 unspecified atom stereocenters. The Bertz CT molecular complexity index is 255. The van der Waals surface area contributed by atoms with Gasteiger partial charge in [-0.15, -0.1) is 0 Å². The molecule has 0 bridgehead atoms. The van der Waals surface area contributed by atoms with E-state index in [9.17, 15) is 9.59 Å². The summed E-state index contributed by atoms with van der Waals surface area (Å²) in [4.78, 5) is 22.0. The van der Waals surface area contributed by atoms with E-state index in [-0.39, 0.29) is 24.5 Å². The first-order valence-electron chi connectivity index (χ1n) is 6.57. The van der Waals surface area contributed by atoms with Gasteiger partial charge >= 0.3 is 5.97 Å². The van der Waals surface area contributed by atoms with E-state index in [0.717, 1.165) is 19.3 Å². The molecule has 0 saturated heterocycles. The highest BCUT2D eigenvalue weighted by atomic mass is 16.5. The molecule has 0 spiro atoms. The maximum absolute atomic E-state index is 11.4. The van der Waals surface area contributed by atoms with Crippen molar-refractivity contribution in [2.75, 3.05) is 13.2 Å². The zero-order valence-electron chi connectivity index (χ0n) is 11.6. The molecule has 0 saturated carbocycles. The molecule has 0 aliphatic carbocycles. The molecule has 5 heteroatoms. The van der Waals surface area contributed by atoms with Gasteiger partial charge in [0.15, 0.2) is 0 Å². The Hall–Kier alpha value is -1.10. The maximum Gasteiger partial charge on any atom is 0.306 e. The van der Waals surface area contributed by atoms with Gasteiger partial charge in [-0.1, -0.05) is 20.3 Å². The topological polar surface area (TPSA) is 75.6 Å². The summed E-state index contributed by atoms with van der Waals surface area (Å²) in [5, 5.41) is 11.6. The highest BCUT2D eigenvalue weighted by molar-refractivity contribution is 5.77. The second-order valence-corrected chi connectivity index (χ2v) is 4.69. The Morgan fingerprint density at radius 3 is 2.50 bits per heavy atom. The molecule has 1 amide bonds. The first-order valence-corrected chi connectivity index (χ1v) is 6.57. The number of carbonyl (C=O) groups excluding carboxylic acids is 1. The molecular weight excluding hydrogens is 234 g/mol. The lowest BCUT2D eigenvalue weighted by atomic mass is 10.0. The summed E-state index contributed by atoms with van der Waals surface area (Å²) in [7, 11) is 0. The van der Waals surface area contributed by atoms with Crippen LogP contribution in [0, 0.1) is 5.92 Å². The minimum absolute atomic E-state index is 0.0590. The molecule has 0 aromatic rings. The van der Waals surface area contributed by atoms with Crippen LogP contribution in [0.5, 0.6) is 0 Å². The van der Waals surface area contributed by atoms with Crippen molar-refractivity contribution in [1.29, 1.82) is 0 Å². The van der Waals surface area contributed by atoms with Gasteiger partial charge in [0.1, 0.15) is 6.61 Å². The van der Waals surface area contributed by atoms with Crippen LogP contribution in [0.25, 0.3) is 0 Å². The summed E-state index contributed by atoms with van der Waals surface area (Å²) >= 11 is 0. The second-order valence-electron chi connectivity index (χ2n) is 4.69. The van der Waals surface area contributed by atoms with Crippen molar-refractivity contribution in [3.63, 3.8) is 0 Å². The standard InChI is InChI=1S/C13H25NO4/c1-4-8-18-9-12(15)14-11(3)7-5-6-10(2)13(16)17/h10-11H,4-9H2,1-3H3,(H,14,15)(H,16,17). The molecule has 2 atom stereocenters. The molecule has 18 heavy (non-hydrogen) atoms. The van der Waals surface area contributed by atoms with Gasteiger partial charge in [0.2, 0.25) is 5.91 Å². The summed E-state index contributed by atoms with van der Waals surface area (Å²) in [5.41, 5.74) is 0. The van der Waals surface area contributed by atoms with E-state index in [2.05, 4.69) is 5.32 Å². The SMILES string of the molecule is CCCOCC(=O)NC(C)CCCC(C)C(=O)O. The van der Waals surface area contributed by atoms with Crippen molar-refractivity contribution >= 4 is 11.9 Å². The van der Waals surface area contributed by atoms with Crippen LogP contribution < -0.4 is 5.32 Å². The summed E-state index contributed by atoms with van der Waals surface area (Å²) < 4.78 is 5.13. The van der Waals surface area contributed by atoms with Crippen LogP contribution in [-0.4, -0.2) is 36.2 Å². The number of aliphatic carboxylic acids is 1. The van der Waals surface area contributed by atoms with Gasteiger partial charge in [-0.2, -0.15) is 0 Å². The van der Waals surface area contributed by atoms with Gasteiger partial charge in [-0.3, -0.25) is 9.59 Å². The number of amides is 1. The largest absolute Gasteiger partial charge is 0.481 e. The van der Waals surface area contributed by atoms with Crippen LogP contribution in [-0.2, 0) is 14.3 Å². The third kappa shape index (κ3) is 8.98. The van der Waals surface area contributed by atoms with Crippen LogP contribution in [0.1, 0.15) is 46.5 Å². The lowest BCUT2D eigenvalue weighted by molar-refractivity contribution is -0.141. The number of hydrogen-bond acceptors (Lipinski definition) is 3. The quantitative estimate of drug-likeness (QED) is 0.587. The molecule has 0 aromatic heterocycles. The van der Waals surface area contributed by atoms with Crippen LogP contribution in [0.15, 0.2) is 0 Å². The molecule has 0 radical (unpaired) electrons. The molecule has 0 aliphatic heterocycles. The van der Waals surface area contributed by atoms with E-state index in [1.54, 1.807) is 6.92 Å². The van der Waals surface area contributed by atoms with Crippen LogP contribution >= 0.6 is 0 Å². The molecule has 0 heterocycles. The normalized spacial score (nSPS) is 13.9. The summed E-state index contributed by atoms with van der Waals surface area (Å²) in [6.45, 7) is 6.30. The number of rotatable bonds is 10. The number of carboxylic acids is 1. The average Bonchev–Trinajstić information content (AvgIpc) is 2.28. The molecule has 0 aromatic carbocycles. The van der Waals surface area contributed by atoms with Gasteiger partial charge in [0, 0.05) is 12.6 Å². The molecule has 5 nitrogen and oxygen atoms in total. The summed E-state index contributed by atoms with van der Waals surface area (Å²) in [6, 6.07) is 0.0590. The third-order valence-corrected chi connectivity index (χ3v) is 2.68. The molecule has 0 aliphatic rings. The Morgan fingerprint density at radius 2 is 1.94 bits per heavy atom. The van der Waals surface area contributed by atoms with Gasteiger partial charge in [0.05, 0.1) is 5.92 Å². The number of hydrogen-bond donors (Lipinski definition) is 2. The Morgan fingerprint density at radius 1 is 1.28 bits per heavy atom. The van der Waals surface area contributed by atoms with Crippen molar-refractivity contribution in [1.82, 2.24) is 5.32 Å². The fraction of sp³-hybridized carbons (Fsp3) is 0.846. The van der Waals surface area contributed by atoms with Crippen molar-refractivity contribution in [2.24, 2.45) is 5.92 Å². The van der Waals surface area contributed by atoms with E-state index in [0.29, 0.717) is 13.0 Å². The zero-order chi connectivity index (χ0) is 14.0. The maximum atomic E-state index is 11.4. The van der Waals surface area contributed by atoms with Crippen molar-refractivity contribution in [3.8, 4) is 0 Å². The van der Waals surface area contributed by atoms with Crippen molar-refractivity contribution < 1.29 is 19.4 Å². The lowest BCUT2D eigenvalue weighted by Gasteiger charge is -2.14. The molecular formula is C13H25NO4. The lowest BCUT2D eigenvalue weighted by Crippen LogP contribution is -2.35. The molecule has 0 rings (SSSR count). The number of carboxylic acid groups (broad SMARTS) is 1. The van der Waals surface area contributed by atoms with Gasteiger partial charge in [-0.25, -0.2) is 0 Å². The molecule has 106 valence electrons. The zero-order valence-corrected chi connectivity index (χ0v) is 11.6. The van der Waals surface area contributed by atoms with E-state index < -0.39 is 5.97 Å². The predicted octanol–water partition coefficient (Wildman–Crippen LogP) is 1.81. The Balaban J connectivity index is 3.61. The summed E-state index contributed by atoms with van der Waals surface area (Å²) in [5.74, 6) is -1.19. The third-order valence-electron chi connectivity index (χ3n) is 2.68. The minimum atomic E-state index is -0.764. The van der Waals surface area contributed by atoms with E-state index >= 15 is 0 Å². The minimum Gasteiger partial charge on any atom is -0.481 e. The van der Waals surface area contributed by atoms with Gasteiger partial charge < -0.3 is 15.2 Å². The fourth-order valence-electron chi connectivity index (χ4n) is 1.55. The van der Waals surface area contributed by atoms with E-state index in [4.69, 9.17) is 9.84 Å². The number of ether oxygens (including phenoxy) is 1. The highest BCUT2D eigenvalue weighted by Gasteiger charge is 2.12. The van der Waals surface area contributed by atoms with E-state index in [1.807, 2.05) is 13.8 Å². The van der Waals surface area contributed by atoms with E-state index in [1.165, 1.54) is 0 Å². The first-order chi connectivity index (χ1) is 8.47. The number of carbonyl (C=O) groups is 2. The van der Waals surface area contributed by atoms with Crippen LogP contribution in [0.3, 0.4) is 0 Å². The smallest absolute Gasteiger partial charge is 0.306 e. The highest BCUT2D eigenvalue weighted by Crippen LogP contribution is 2.09. The monoisotopic (exact) mass is 259 g/mol. The van der Waals surface area contributed by atoms with Crippen molar-refractivity contribution in [2.45, 2.75) is 52.5 Å². The van der Waals surface area contributed by atoms with Crippen LogP contribution in [0.4, 0.5) is 0 Å². The average molecular weight is 259 g/mol. The fourth-order valence-corrected chi connectivity index (χ4v) is 1.55. The second kappa shape index (κ2) is 9.88. The number of nitrogens with one attached hydrogen (secondary N) is 1. The molecule has 2 N–H and O–H groups in total. The Kier molecular flexibility index (Phi) is 9.28. The molecule has 0 fully saturated rings. The van der Waals surface area contributed by atoms with Gasteiger partial charge in [0.25, 0.3) is 0 Å². The van der Waals surface area contributed by atoms with Gasteiger partial charge in [-0.05, 0) is 26.2 Å². The summed E-state index contributed by atoms with van der Waals surface area (Å²) in [6.07, 6.45) is 3.12. The predicted molar refractivity (Wildman–Crippen MR) is 69.4 cm³/mol. The first kappa shape index (κ1) is 16.9. The van der Waals surface area contributed by atoms with Crippen LogP contribution in [0.2, 0.25) is 0 Å². The van der Waals surface area contributed by atoms with Crippen molar-refractivity contribution in [3.05, 3.63) is 0 Å². The Labute approximate surface area is 109 Å².